The molecule has 1 heterocycles. The van der Waals surface area contributed by atoms with Crippen LogP contribution in [0, 0.1) is 0 Å². The number of nitrogens with zero attached hydrogens (tertiary/aromatic N) is 1. The van der Waals surface area contributed by atoms with Crippen LogP contribution in [0.5, 0.6) is 0 Å². The predicted octanol–water partition coefficient (Wildman–Crippen LogP) is 5.53. The van der Waals surface area contributed by atoms with Gasteiger partial charge in [-0.1, -0.05) is 78.0 Å². The highest BCUT2D eigenvalue weighted by molar-refractivity contribution is 7.99. The number of carbonyl (C=O) groups is 2. The Balaban J connectivity index is 1.88. The average molecular weight is 394 g/mol. The lowest BCUT2D eigenvalue weighted by Crippen LogP contribution is -2.40. The number of thioether (sulfide) groups is 1. The largest absolute Gasteiger partial charge is 0.308 e. The molecular weight excluding hydrogens is 378 g/mol. The monoisotopic (exact) mass is 393 g/mol. The van der Waals surface area contributed by atoms with Gasteiger partial charge in [0.1, 0.15) is 17.7 Å². The summed E-state index contributed by atoms with van der Waals surface area (Å²) in [4.78, 5) is 28.1. The molecule has 27 heavy (non-hydrogen) atoms. The van der Waals surface area contributed by atoms with E-state index in [9.17, 15) is 9.59 Å². The first-order valence-corrected chi connectivity index (χ1v) is 9.79. The Hall–Kier alpha value is -2.56. The number of fused-ring (bicyclic) bond motifs is 1. The highest BCUT2D eigenvalue weighted by Gasteiger charge is 2.39. The quantitative estimate of drug-likeness (QED) is 0.549. The lowest BCUT2D eigenvalue weighted by atomic mass is 10.0. The van der Waals surface area contributed by atoms with E-state index in [1.165, 1.54) is 11.8 Å². The number of rotatable bonds is 3. The van der Waals surface area contributed by atoms with E-state index in [1.807, 2.05) is 60.7 Å². The molecule has 3 nitrogen and oxygen atoms in total. The number of hydrogen-bond acceptors (Lipinski definition) is 3. The number of carbonyl (C=O) groups excluding carboxylic acids is 2. The van der Waals surface area contributed by atoms with Crippen LogP contribution in [-0.2, 0) is 4.79 Å². The minimum Gasteiger partial charge on any atom is -0.308 e. The lowest BCUT2D eigenvalue weighted by Gasteiger charge is -2.41. The lowest BCUT2D eigenvalue weighted by molar-refractivity contribution is -0.112. The van der Waals surface area contributed by atoms with Crippen molar-refractivity contribution in [3.63, 3.8) is 0 Å². The van der Waals surface area contributed by atoms with Crippen molar-refractivity contribution in [3.8, 4) is 0 Å². The summed E-state index contributed by atoms with van der Waals surface area (Å²) in [5, 5.41) is 0.182. The molecule has 0 radical (unpaired) electrons. The summed E-state index contributed by atoms with van der Waals surface area (Å²) in [5.41, 5.74) is 2.20. The topological polar surface area (TPSA) is 37.4 Å². The van der Waals surface area contributed by atoms with Crippen molar-refractivity contribution >= 4 is 35.6 Å². The second-order valence-corrected chi connectivity index (χ2v) is 7.72. The van der Waals surface area contributed by atoms with Crippen molar-refractivity contribution in [2.75, 3.05) is 0 Å². The van der Waals surface area contributed by atoms with Crippen molar-refractivity contribution in [1.29, 1.82) is 0 Å². The molecule has 1 amide bonds. The molecule has 0 saturated heterocycles. The van der Waals surface area contributed by atoms with Gasteiger partial charge >= 0.3 is 0 Å². The fourth-order valence-corrected chi connectivity index (χ4v) is 4.99. The van der Waals surface area contributed by atoms with Crippen LogP contribution in [0.4, 0.5) is 0 Å². The predicted molar refractivity (Wildman–Crippen MR) is 108 cm³/mol. The van der Waals surface area contributed by atoms with E-state index in [0.717, 1.165) is 22.3 Å². The Morgan fingerprint density at radius 3 is 2.22 bits per heavy atom. The van der Waals surface area contributed by atoms with Crippen LogP contribution in [0.1, 0.15) is 32.9 Å². The van der Waals surface area contributed by atoms with Gasteiger partial charge in [-0.2, -0.15) is 0 Å². The fourth-order valence-electron chi connectivity index (χ4n) is 3.30. The normalized spacial score (nSPS) is 18.6. The molecule has 0 spiro atoms. The molecule has 134 valence electrons. The van der Waals surface area contributed by atoms with E-state index >= 15 is 0 Å². The molecule has 0 fully saturated rings. The van der Waals surface area contributed by atoms with Gasteiger partial charge in [-0.3, -0.25) is 4.79 Å². The fraction of sp³-hybridized carbons (Fsp3) is 0.0909. The first-order valence-electron chi connectivity index (χ1n) is 8.53. The zero-order valence-corrected chi connectivity index (χ0v) is 15.9. The summed E-state index contributed by atoms with van der Waals surface area (Å²) in [7, 11) is 0. The Morgan fingerprint density at radius 1 is 0.889 bits per heavy atom. The Bertz CT molecular complexity index is 992. The van der Waals surface area contributed by atoms with Crippen LogP contribution in [0.15, 0.2) is 83.8 Å². The molecule has 0 aliphatic carbocycles. The van der Waals surface area contributed by atoms with Crippen LogP contribution >= 0.6 is 23.4 Å². The van der Waals surface area contributed by atoms with Crippen molar-refractivity contribution in [3.05, 3.63) is 101 Å². The van der Waals surface area contributed by atoms with Crippen molar-refractivity contribution in [1.82, 2.24) is 4.90 Å². The van der Waals surface area contributed by atoms with Crippen LogP contribution in [-0.4, -0.2) is 17.1 Å². The Labute approximate surface area is 167 Å². The highest BCUT2D eigenvalue weighted by Crippen LogP contribution is 2.50. The number of benzene rings is 3. The van der Waals surface area contributed by atoms with Crippen LogP contribution in [0.3, 0.4) is 0 Å². The van der Waals surface area contributed by atoms with Crippen LogP contribution in [0.25, 0.3) is 0 Å². The van der Waals surface area contributed by atoms with Gasteiger partial charge < -0.3 is 9.69 Å². The molecule has 0 saturated carbocycles. The molecule has 2 atom stereocenters. The van der Waals surface area contributed by atoms with E-state index < -0.39 is 11.4 Å². The summed E-state index contributed by atoms with van der Waals surface area (Å²) >= 11 is 7.99. The first kappa shape index (κ1) is 17.8. The minimum atomic E-state index is -0.670. The Morgan fingerprint density at radius 2 is 1.52 bits per heavy atom. The molecule has 0 aromatic heterocycles. The number of halogens is 1. The maximum Gasteiger partial charge on any atom is 0.255 e. The van der Waals surface area contributed by atoms with Gasteiger partial charge in [0.05, 0.1) is 0 Å². The molecule has 3 aromatic rings. The first-order chi connectivity index (χ1) is 13.2. The zero-order valence-electron chi connectivity index (χ0n) is 14.3. The van der Waals surface area contributed by atoms with E-state index in [0.29, 0.717) is 10.6 Å². The van der Waals surface area contributed by atoms with Gasteiger partial charge in [0.15, 0.2) is 0 Å². The molecule has 2 unspecified atom stereocenters. The van der Waals surface area contributed by atoms with Crippen molar-refractivity contribution < 1.29 is 9.59 Å². The third-order valence-electron chi connectivity index (χ3n) is 4.58. The molecule has 0 N–H and O–H groups in total. The van der Waals surface area contributed by atoms with Gasteiger partial charge in [-0.25, -0.2) is 0 Å². The molecular formula is C22H16ClNO2S. The van der Waals surface area contributed by atoms with Gasteiger partial charge in [0.25, 0.3) is 5.91 Å². The number of hydrogen-bond donors (Lipinski definition) is 0. The third-order valence-corrected chi connectivity index (χ3v) is 6.26. The van der Waals surface area contributed by atoms with Gasteiger partial charge in [-0.15, -0.1) is 0 Å². The second kappa shape index (κ2) is 7.59. The smallest absolute Gasteiger partial charge is 0.255 e. The minimum absolute atomic E-state index is 0.195. The Kier molecular flexibility index (Phi) is 5.01. The maximum absolute atomic E-state index is 13.4. The molecule has 5 heteroatoms. The van der Waals surface area contributed by atoms with Gasteiger partial charge in [0.2, 0.25) is 0 Å². The number of aldehydes is 1. The van der Waals surface area contributed by atoms with Crippen LogP contribution in [0.2, 0.25) is 5.02 Å². The summed E-state index contributed by atoms with van der Waals surface area (Å²) in [6.07, 6.45) is 0.837. The van der Waals surface area contributed by atoms with Gasteiger partial charge in [-0.05, 0) is 29.8 Å². The van der Waals surface area contributed by atoms with E-state index in [-0.39, 0.29) is 5.91 Å². The van der Waals surface area contributed by atoms with E-state index in [4.69, 9.17) is 11.6 Å². The number of amides is 1. The van der Waals surface area contributed by atoms with Gasteiger partial charge in [0, 0.05) is 21.0 Å². The van der Waals surface area contributed by atoms with E-state index in [2.05, 4.69) is 0 Å². The van der Waals surface area contributed by atoms with Crippen molar-refractivity contribution in [2.45, 2.75) is 16.3 Å². The summed E-state index contributed by atoms with van der Waals surface area (Å²) < 4.78 is 0. The molecule has 1 aliphatic rings. The molecule has 4 rings (SSSR count). The third kappa shape index (κ3) is 3.27. The SMILES string of the molecule is O=CC1c2ccccc2SC(c2ccccc2Cl)N1C(=O)c1ccccc1. The average Bonchev–Trinajstić information content (AvgIpc) is 2.73. The molecule has 3 aromatic carbocycles. The van der Waals surface area contributed by atoms with Crippen molar-refractivity contribution in [2.24, 2.45) is 0 Å². The summed E-state index contributed by atoms with van der Waals surface area (Å²) in [6, 6.07) is 23.5. The zero-order chi connectivity index (χ0) is 18.8. The standard InChI is InChI=1S/C22H16ClNO2S/c23-18-12-6-4-10-16(18)22-24(21(26)15-8-2-1-3-9-15)19(14-25)17-11-5-7-13-20(17)27-22/h1-14,19,22H. The second-order valence-electron chi connectivity index (χ2n) is 6.19. The van der Waals surface area contributed by atoms with E-state index in [1.54, 1.807) is 23.1 Å². The molecule has 1 aliphatic heterocycles. The maximum atomic E-state index is 13.4. The molecule has 0 bridgehead atoms. The van der Waals surface area contributed by atoms with Crippen LogP contribution < -0.4 is 0 Å². The summed E-state index contributed by atoms with van der Waals surface area (Å²) in [5.74, 6) is -0.195. The summed E-state index contributed by atoms with van der Waals surface area (Å²) in [6.45, 7) is 0. The highest BCUT2D eigenvalue weighted by atomic mass is 35.5.